The van der Waals surface area contributed by atoms with Crippen molar-refractivity contribution in [3.8, 4) is 0 Å². The second-order valence-electron chi connectivity index (χ2n) is 6.80. The summed E-state index contributed by atoms with van der Waals surface area (Å²) < 4.78 is 1.82. The van der Waals surface area contributed by atoms with Crippen LogP contribution in [0.2, 0.25) is 0 Å². The summed E-state index contributed by atoms with van der Waals surface area (Å²) in [5.74, 6) is -1.46. The number of aromatic nitrogens is 1. The normalized spacial score (nSPS) is 15.7. The SMILES string of the molecule is CN1C(=O)NC(=O)/C(=C/c2cn(Cc3ccccc3[N+](=O)[O-])c3ccccc23)C1=O. The van der Waals surface area contributed by atoms with E-state index in [1.54, 1.807) is 24.4 Å². The number of hydrogen-bond donors (Lipinski definition) is 1. The van der Waals surface area contributed by atoms with E-state index in [9.17, 15) is 24.5 Å². The standard InChI is InChI=1S/C21H16N4O5/c1-23-20(27)16(19(26)22-21(23)28)10-14-12-24(18-9-5-3-7-15(14)18)11-13-6-2-4-8-17(13)25(29)30/h2-10,12H,11H2,1H3,(H,22,26,28)/b16-10-. The van der Waals surface area contributed by atoms with Crippen LogP contribution >= 0.6 is 0 Å². The molecule has 0 unspecified atom stereocenters. The van der Waals surface area contributed by atoms with Crippen molar-refractivity contribution in [2.24, 2.45) is 0 Å². The summed E-state index contributed by atoms with van der Waals surface area (Å²) in [6, 6.07) is 13.0. The zero-order chi connectivity index (χ0) is 21.4. The molecule has 9 nitrogen and oxygen atoms in total. The summed E-state index contributed by atoms with van der Waals surface area (Å²) in [6.45, 7) is 0.235. The van der Waals surface area contributed by atoms with Gasteiger partial charge in [-0.25, -0.2) is 4.79 Å². The first kappa shape index (κ1) is 19.1. The van der Waals surface area contributed by atoms with Crippen LogP contribution in [0.5, 0.6) is 0 Å². The molecule has 0 bridgehead atoms. The molecular formula is C21H16N4O5. The molecule has 9 heteroatoms. The average Bonchev–Trinajstić information content (AvgIpc) is 3.07. The second-order valence-corrected chi connectivity index (χ2v) is 6.80. The van der Waals surface area contributed by atoms with Crippen LogP contribution in [-0.2, 0) is 16.1 Å². The summed E-state index contributed by atoms with van der Waals surface area (Å²) in [5, 5.41) is 14.2. The van der Waals surface area contributed by atoms with E-state index in [1.165, 1.54) is 19.2 Å². The Morgan fingerprint density at radius 3 is 2.53 bits per heavy atom. The summed E-state index contributed by atoms with van der Waals surface area (Å²) in [6.07, 6.45) is 3.16. The smallest absolute Gasteiger partial charge is 0.331 e. The van der Waals surface area contributed by atoms with Crippen LogP contribution in [0.1, 0.15) is 11.1 Å². The fourth-order valence-corrected chi connectivity index (χ4v) is 3.43. The third-order valence-electron chi connectivity index (χ3n) is 4.95. The molecule has 1 fully saturated rings. The van der Waals surface area contributed by atoms with Gasteiger partial charge in [0, 0.05) is 41.3 Å². The molecule has 0 radical (unpaired) electrons. The fraction of sp³-hybridized carbons (Fsp3) is 0.0952. The summed E-state index contributed by atoms with van der Waals surface area (Å²) in [5.41, 5.74) is 1.75. The Labute approximate surface area is 170 Å². The minimum atomic E-state index is -0.777. The molecular weight excluding hydrogens is 388 g/mol. The number of carbonyl (C=O) groups is 3. The van der Waals surface area contributed by atoms with Crippen LogP contribution in [0.3, 0.4) is 0 Å². The lowest BCUT2D eigenvalue weighted by Gasteiger charge is -2.22. The van der Waals surface area contributed by atoms with Gasteiger partial charge in [-0.05, 0) is 12.1 Å². The Hall–Kier alpha value is -4.27. The largest absolute Gasteiger partial charge is 0.342 e. The number of imide groups is 2. The Morgan fingerprint density at radius 2 is 1.77 bits per heavy atom. The highest BCUT2D eigenvalue weighted by Gasteiger charge is 2.33. The molecule has 150 valence electrons. The lowest BCUT2D eigenvalue weighted by Crippen LogP contribution is -2.52. The molecule has 0 aliphatic carbocycles. The van der Waals surface area contributed by atoms with Gasteiger partial charge in [-0.1, -0.05) is 36.4 Å². The lowest BCUT2D eigenvalue weighted by atomic mass is 10.1. The fourth-order valence-electron chi connectivity index (χ4n) is 3.43. The molecule has 1 aliphatic rings. The molecule has 2 aromatic carbocycles. The molecule has 0 spiro atoms. The number of benzene rings is 2. The third-order valence-corrected chi connectivity index (χ3v) is 4.95. The third kappa shape index (κ3) is 3.22. The predicted octanol–water partition coefficient (Wildman–Crippen LogP) is 2.69. The molecule has 1 aromatic heterocycles. The minimum absolute atomic E-state index is 0.0113. The maximum absolute atomic E-state index is 12.4. The Bertz CT molecular complexity index is 1260. The van der Waals surface area contributed by atoms with Gasteiger partial charge in [-0.3, -0.25) is 29.9 Å². The van der Waals surface area contributed by atoms with E-state index in [1.807, 2.05) is 28.8 Å². The molecule has 30 heavy (non-hydrogen) atoms. The van der Waals surface area contributed by atoms with Crippen molar-refractivity contribution in [1.29, 1.82) is 0 Å². The molecule has 3 aromatic rings. The van der Waals surface area contributed by atoms with Crippen molar-refractivity contribution in [3.05, 3.63) is 81.5 Å². The van der Waals surface area contributed by atoms with Crippen LogP contribution in [0, 0.1) is 10.1 Å². The van der Waals surface area contributed by atoms with Gasteiger partial charge in [0.05, 0.1) is 11.5 Å². The van der Waals surface area contributed by atoms with Gasteiger partial charge < -0.3 is 4.57 Å². The Balaban J connectivity index is 1.81. The number of barbiturate groups is 1. The molecule has 0 atom stereocenters. The Kier molecular flexibility index (Phi) is 4.63. The first-order valence-corrected chi connectivity index (χ1v) is 9.02. The maximum atomic E-state index is 12.4. The first-order chi connectivity index (χ1) is 14.4. The van der Waals surface area contributed by atoms with Gasteiger partial charge in [-0.15, -0.1) is 0 Å². The van der Waals surface area contributed by atoms with Crippen molar-refractivity contribution in [3.63, 3.8) is 0 Å². The van der Waals surface area contributed by atoms with Crippen molar-refractivity contribution in [2.45, 2.75) is 6.54 Å². The number of nitrogens with one attached hydrogen (secondary N) is 1. The van der Waals surface area contributed by atoms with Crippen molar-refractivity contribution >= 4 is 40.5 Å². The monoisotopic (exact) mass is 404 g/mol. The quantitative estimate of drug-likeness (QED) is 0.311. The molecule has 1 saturated heterocycles. The number of fused-ring (bicyclic) bond motifs is 1. The van der Waals surface area contributed by atoms with E-state index in [0.29, 0.717) is 11.1 Å². The summed E-state index contributed by atoms with van der Waals surface area (Å²) >= 11 is 0. The van der Waals surface area contributed by atoms with Crippen molar-refractivity contribution in [2.75, 3.05) is 7.05 Å². The van der Waals surface area contributed by atoms with Gasteiger partial charge >= 0.3 is 6.03 Å². The number of urea groups is 1. The van der Waals surface area contributed by atoms with Gasteiger partial charge in [0.1, 0.15) is 5.57 Å². The molecule has 1 aliphatic heterocycles. The van der Waals surface area contributed by atoms with E-state index >= 15 is 0 Å². The summed E-state index contributed by atoms with van der Waals surface area (Å²) in [4.78, 5) is 47.9. The van der Waals surface area contributed by atoms with Crippen LogP contribution < -0.4 is 5.32 Å². The Morgan fingerprint density at radius 1 is 1.07 bits per heavy atom. The van der Waals surface area contributed by atoms with Gasteiger partial charge in [0.25, 0.3) is 17.5 Å². The molecule has 1 N–H and O–H groups in total. The first-order valence-electron chi connectivity index (χ1n) is 9.02. The number of nitro groups is 1. The number of nitro benzene ring substituents is 1. The number of nitrogens with zero attached hydrogens (tertiary/aromatic N) is 3. The maximum Gasteiger partial charge on any atom is 0.331 e. The number of amides is 4. The topological polar surface area (TPSA) is 115 Å². The highest BCUT2D eigenvalue weighted by molar-refractivity contribution is 6.31. The molecule has 0 saturated carbocycles. The highest BCUT2D eigenvalue weighted by Crippen LogP contribution is 2.27. The zero-order valence-electron chi connectivity index (χ0n) is 15.9. The minimum Gasteiger partial charge on any atom is -0.342 e. The van der Waals surface area contributed by atoms with Crippen LogP contribution in [-0.4, -0.2) is 39.3 Å². The molecule has 4 amide bonds. The number of rotatable bonds is 4. The average molecular weight is 404 g/mol. The van der Waals surface area contributed by atoms with Gasteiger partial charge in [0.15, 0.2) is 0 Å². The second kappa shape index (κ2) is 7.28. The van der Waals surface area contributed by atoms with Crippen LogP contribution in [0.15, 0.2) is 60.3 Å². The zero-order valence-corrected chi connectivity index (χ0v) is 15.9. The van der Waals surface area contributed by atoms with Gasteiger partial charge in [0.2, 0.25) is 0 Å². The van der Waals surface area contributed by atoms with Crippen LogP contribution in [0.25, 0.3) is 17.0 Å². The highest BCUT2D eigenvalue weighted by atomic mass is 16.6. The number of hydrogen-bond acceptors (Lipinski definition) is 5. The van der Waals surface area contributed by atoms with E-state index in [0.717, 1.165) is 15.8 Å². The van der Waals surface area contributed by atoms with E-state index in [4.69, 9.17) is 0 Å². The van der Waals surface area contributed by atoms with E-state index in [2.05, 4.69) is 5.32 Å². The number of carbonyl (C=O) groups excluding carboxylic acids is 3. The molecule has 4 rings (SSSR count). The van der Waals surface area contributed by atoms with Crippen molar-refractivity contribution < 1.29 is 19.3 Å². The van der Waals surface area contributed by atoms with Crippen molar-refractivity contribution in [1.82, 2.24) is 14.8 Å². The van der Waals surface area contributed by atoms with E-state index in [-0.39, 0.29) is 17.8 Å². The predicted molar refractivity (Wildman–Crippen MR) is 108 cm³/mol. The lowest BCUT2D eigenvalue weighted by molar-refractivity contribution is -0.385. The van der Waals surface area contributed by atoms with Gasteiger partial charge in [-0.2, -0.15) is 0 Å². The van der Waals surface area contributed by atoms with Crippen LogP contribution in [0.4, 0.5) is 10.5 Å². The molecule has 2 heterocycles. The number of para-hydroxylation sites is 2. The summed E-state index contributed by atoms with van der Waals surface area (Å²) in [7, 11) is 1.29. The van der Waals surface area contributed by atoms with E-state index < -0.39 is 22.8 Å². The number of likely N-dealkylation sites (N-methyl/N-ethyl adjacent to an activating group) is 1.